The highest BCUT2D eigenvalue weighted by Gasteiger charge is 2.15. The highest BCUT2D eigenvalue weighted by Crippen LogP contribution is 2.28. The molecule has 1 aromatic carbocycles. The van der Waals surface area contributed by atoms with Gasteiger partial charge < -0.3 is 15.3 Å². The lowest BCUT2D eigenvalue weighted by atomic mass is 10.0. The maximum Gasteiger partial charge on any atom is 0.0606 e. The van der Waals surface area contributed by atoms with Crippen LogP contribution in [0.15, 0.2) is 24.3 Å². The van der Waals surface area contributed by atoms with Gasteiger partial charge in [0.2, 0.25) is 0 Å². The second-order valence-corrected chi connectivity index (χ2v) is 4.38. The molecule has 18 heavy (non-hydrogen) atoms. The van der Waals surface area contributed by atoms with Crippen LogP contribution in [-0.2, 0) is 0 Å². The van der Waals surface area contributed by atoms with Crippen LogP contribution in [0.2, 0.25) is 0 Å². The quantitative estimate of drug-likeness (QED) is 0.744. The summed E-state index contributed by atoms with van der Waals surface area (Å²) in [5.41, 5.74) is 2.57. The molecule has 0 saturated heterocycles. The SMILES string of the molecule is CCNC(CC)c1ccccc1N(CC)CCO. The topological polar surface area (TPSA) is 35.5 Å². The molecule has 0 amide bonds. The zero-order valence-corrected chi connectivity index (χ0v) is 11.8. The van der Waals surface area contributed by atoms with Gasteiger partial charge in [-0.1, -0.05) is 32.0 Å². The maximum absolute atomic E-state index is 9.16. The molecule has 0 aliphatic carbocycles. The molecular formula is C15H26N2O. The standard InChI is InChI=1S/C15H26N2O/c1-4-14(16-5-2)13-9-7-8-10-15(13)17(6-3)11-12-18/h7-10,14,16,18H,4-6,11-12H2,1-3H3. The summed E-state index contributed by atoms with van der Waals surface area (Å²) >= 11 is 0. The van der Waals surface area contributed by atoms with E-state index < -0.39 is 0 Å². The molecule has 0 radical (unpaired) electrons. The third-order valence-electron chi connectivity index (χ3n) is 3.26. The lowest BCUT2D eigenvalue weighted by molar-refractivity contribution is 0.302. The molecule has 0 fully saturated rings. The fraction of sp³-hybridized carbons (Fsp3) is 0.600. The van der Waals surface area contributed by atoms with E-state index in [0.717, 1.165) is 19.5 Å². The first-order valence-electron chi connectivity index (χ1n) is 6.96. The van der Waals surface area contributed by atoms with Gasteiger partial charge in [-0.3, -0.25) is 0 Å². The number of benzene rings is 1. The molecule has 0 spiro atoms. The van der Waals surface area contributed by atoms with E-state index in [9.17, 15) is 0 Å². The second-order valence-electron chi connectivity index (χ2n) is 4.38. The second kappa shape index (κ2) is 8.11. The Morgan fingerprint density at radius 3 is 2.50 bits per heavy atom. The Hall–Kier alpha value is -1.06. The zero-order valence-electron chi connectivity index (χ0n) is 11.8. The number of para-hydroxylation sites is 1. The van der Waals surface area contributed by atoms with E-state index >= 15 is 0 Å². The fourth-order valence-electron chi connectivity index (χ4n) is 2.36. The van der Waals surface area contributed by atoms with Gasteiger partial charge in [-0.15, -0.1) is 0 Å². The lowest BCUT2D eigenvalue weighted by Gasteiger charge is -2.28. The number of aliphatic hydroxyl groups excluding tert-OH is 1. The zero-order chi connectivity index (χ0) is 13.4. The van der Waals surface area contributed by atoms with E-state index in [0.29, 0.717) is 12.6 Å². The van der Waals surface area contributed by atoms with Crippen molar-refractivity contribution in [1.29, 1.82) is 0 Å². The molecular weight excluding hydrogens is 224 g/mol. The minimum Gasteiger partial charge on any atom is -0.395 e. The van der Waals surface area contributed by atoms with Crippen molar-refractivity contribution >= 4 is 5.69 Å². The number of nitrogens with zero attached hydrogens (tertiary/aromatic N) is 1. The van der Waals surface area contributed by atoms with Crippen LogP contribution >= 0.6 is 0 Å². The maximum atomic E-state index is 9.16. The number of likely N-dealkylation sites (N-methyl/N-ethyl adjacent to an activating group) is 1. The van der Waals surface area contributed by atoms with Gasteiger partial charge in [0.15, 0.2) is 0 Å². The van der Waals surface area contributed by atoms with Gasteiger partial charge in [0, 0.05) is 24.8 Å². The first-order chi connectivity index (χ1) is 8.78. The van der Waals surface area contributed by atoms with Gasteiger partial charge in [-0.2, -0.15) is 0 Å². The number of anilines is 1. The Labute approximate surface area is 111 Å². The average molecular weight is 250 g/mol. The summed E-state index contributed by atoms with van der Waals surface area (Å²) < 4.78 is 0. The molecule has 1 unspecified atom stereocenters. The third-order valence-corrected chi connectivity index (χ3v) is 3.26. The normalized spacial score (nSPS) is 12.4. The van der Waals surface area contributed by atoms with E-state index in [2.05, 4.69) is 55.3 Å². The average Bonchev–Trinajstić information content (AvgIpc) is 2.42. The fourth-order valence-corrected chi connectivity index (χ4v) is 2.36. The Kier molecular flexibility index (Phi) is 6.76. The van der Waals surface area contributed by atoms with Crippen LogP contribution in [0.1, 0.15) is 38.8 Å². The summed E-state index contributed by atoms with van der Waals surface area (Å²) in [5.74, 6) is 0. The molecule has 3 nitrogen and oxygen atoms in total. The Morgan fingerprint density at radius 1 is 1.22 bits per heavy atom. The van der Waals surface area contributed by atoms with Gasteiger partial charge in [0.25, 0.3) is 0 Å². The first-order valence-corrected chi connectivity index (χ1v) is 6.96. The summed E-state index contributed by atoms with van der Waals surface area (Å²) in [4.78, 5) is 2.23. The number of rotatable bonds is 8. The summed E-state index contributed by atoms with van der Waals surface area (Å²) in [7, 11) is 0. The molecule has 1 rings (SSSR count). The van der Waals surface area contributed by atoms with Crippen molar-refractivity contribution in [3.8, 4) is 0 Å². The predicted molar refractivity (Wildman–Crippen MR) is 78.1 cm³/mol. The van der Waals surface area contributed by atoms with Crippen LogP contribution in [0.3, 0.4) is 0 Å². The highest BCUT2D eigenvalue weighted by atomic mass is 16.3. The number of nitrogens with one attached hydrogen (secondary N) is 1. The first kappa shape index (κ1) is 15.0. The molecule has 0 bridgehead atoms. The lowest BCUT2D eigenvalue weighted by Crippen LogP contribution is -2.29. The van der Waals surface area contributed by atoms with Crippen molar-refractivity contribution in [2.24, 2.45) is 0 Å². The number of aliphatic hydroxyl groups is 1. The van der Waals surface area contributed by atoms with Crippen LogP contribution in [0.5, 0.6) is 0 Å². The molecule has 3 heteroatoms. The minimum absolute atomic E-state index is 0.195. The van der Waals surface area contributed by atoms with E-state index in [1.165, 1.54) is 11.3 Å². The predicted octanol–water partition coefficient (Wildman–Crippen LogP) is 2.57. The van der Waals surface area contributed by atoms with E-state index in [1.54, 1.807) is 0 Å². The highest BCUT2D eigenvalue weighted by molar-refractivity contribution is 5.55. The molecule has 102 valence electrons. The Balaban J connectivity index is 3.03. The third kappa shape index (κ3) is 3.72. The molecule has 2 N–H and O–H groups in total. The molecule has 1 atom stereocenters. The molecule has 0 aliphatic heterocycles. The minimum atomic E-state index is 0.195. The summed E-state index contributed by atoms with van der Waals surface area (Å²) in [6.07, 6.45) is 1.07. The summed E-state index contributed by atoms with van der Waals surface area (Å²) in [6.45, 7) is 9.24. The van der Waals surface area contributed by atoms with Gasteiger partial charge in [0.1, 0.15) is 0 Å². The van der Waals surface area contributed by atoms with E-state index in [4.69, 9.17) is 5.11 Å². The molecule has 0 heterocycles. The largest absolute Gasteiger partial charge is 0.395 e. The van der Waals surface area contributed by atoms with Crippen molar-refractivity contribution in [3.05, 3.63) is 29.8 Å². The summed E-state index contributed by atoms with van der Waals surface area (Å²) in [5, 5.41) is 12.7. The van der Waals surface area contributed by atoms with Crippen molar-refractivity contribution in [1.82, 2.24) is 5.32 Å². The van der Waals surface area contributed by atoms with Crippen molar-refractivity contribution in [3.63, 3.8) is 0 Å². The summed E-state index contributed by atoms with van der Waals surface area (Å²) in [6, 6.07) is 8.88. The number of hydrogen-bond acceptors (Lipinski definition) is 3. The van der Waals surface area contributed by atoms with Crippen molar-refractivity contribution in [2.75, 3.05) is 31.1 Å². The van der Waals surface area contributed by atoms with Crippen LogP contribution in [0.25, 0.3) is 0 Å². The van der Waals surface area contributed by atoms with Crippen LogP contribution in [0.4, 0.5) is 5.69 Å². The van der Waals surface area contributed by atoms with Gasteiger partial charge >= 0.3 is 0 Å². The number of hydrogen-bond donors (Lipinski definition) is 2. The van der Waals surface area contributed by atoms with Crippen LogP contribution in [0, 0.1) is 0 Å². The monoisotopic (exact) mass is 250 g/mol. The van der Waals surface area contributed by atoms with Gasteiger partial charge in [-0.25, -0.2) is 0 Å². The molecule has 0 saturated carbocycles. The van der Waals surface area contributed by atoms with Gasteiger partial charge in [0.05, 0.1) is 6.61 Å². The van der Waals surface area contributed by atoms with E-state index in [1.807, 2.05) is 0 Å². The molecule has 0 aromatic heterocycles. The van der Waals surface area contributed by atoms with Crippen molar-refractivity contribution in [2.45, 2.75) is 33.2 Å². The smallest absolute Gasteiger partial charge is 0.0606 e. The van der Waals surface area contributed by atoms with Gasteiger partial charge in [-0.05, 0) is 31.5 Å². The van der Waals surface area contributed by atoms with Crippen LogP contribution < -0.4 is 10.2 Å². The molecule has 1 aromatic rings. The molecule has 0 aliphatic rings. The van der Waals surface area contributed by atoms with Crippen molar-refractivity contribution < 1.29 is 5.11 Å². The van der Waals surface area contributed by atoms with Crippen LogP contribution in [-0.4, -0.2) is 31.3 Å². The van der Waals surface area contributed by atoms with E-state index in [-0.39, 0.29) is 6.61 Å². The Bertz CT molecular complexity index is 308. The Morgan fingerprint density at radius 2 is 1.94 bits per heavy atom.